The summed E-state index contributed by atoms with van der Waals surface area (Å²) in [6.07, 6.45) is 12.9. The lowest BCUT2D eigenvalue weighted by molar-refractivity contribution is 0.0364. The first-order valence-electron chi connectivity index (χ1n) is 11.9. The summed E-state index contributed by atoms with van der Waals surface area (Å²) < 4.78 is 0. The summed E-state index contributed by atoms with van der Waals surface area (Å²) in [6.45, 7) is 21.4. The Hall–Kier alpha value is -0.0400. The first-order chi connectivity index (χ1) is 12.2. The van der Waals surface area contributed by atoms with Crippen LogP contribution in [0.5, 0.6) is 0 Å². The van der Waals surface area contributed by atoms with Crippen molar-refractivity contribution in [2.75, 3.05) is 19.6 Å². The highest BCUT2D eigenvalue weighted by molar-refractivity contribution is 4.89. The summed E-state index contributed by atoms with van der Waals surface area (Å²) in [5.74, 6) is 3.76. The van der Waals surface area contributed by atoms with Crippen LogP contribution in [-0.4, -0.2) is 24.5 Å². The van der Waals surface area contributed by atoms with Crippen molar-refractivity contribution in [3.8, 4) is 0 Å². The molecule has 1 nitrogen and oxygen atoms in total. The molecule has 1 heteroatoms. The molecule has 1 unspecified atom stereocenters. The Morgan fingerprint density at radius 1 is 0.846 bits per heavy atom. The summed E-state index contributed by atoms with van der Waals surface area (Å²) in [7, 11) is 0. The monoisotopic (exact) mass is 363 g/mol. The van der Waals surface area contributed by atoms with E-state index in [1.807, 2.05) is 0 Å². The van der Waals surface area contributed by atoms with Crippen LogP contribution in [0, 0.1) is 34.5 Å². The van der Waals surface area contributed by atoms with E-state index in [1.54, 1.807) is 0 Å². The zero-order valence-corrected chi connectivity index (χ0v) is 19.2. The van der Waals surface area contributed by atoms with Crippen molar-refractivity contribution in [3.63, 3.8) is 0 Å². The van der Waals surface area contributed by atoms with E-state index in [-0.39, 0.29) is 0 Å². The second-order valence-electron chi connectivity index (χ2n) is 11.3. The maximum absolute atomic E-state index is 2.81. The molecule has 0 spiro atoms. The van der Waals surface area contributed by atoms with Crippen molar-refractivity contribution in [1.29, 1.82) is 0 Å². The molecular formula is C25H49N. The molecule has 0 aromatic rings. The molecule has 2 rings (SSSR count). The van der Waals surface area contributed by atoms with Gasteiger partial charge in [0, 0.05) is 6.54 Å². The fourth-order valence-corrected chi connectivity index (χ4v) is 6.13. The number of piperidine rings is 1. The zero-order valence-electron chi connectivity index (χ0n) is 19.2. The molecule has 0 aromatic carbocycles. The molecule has 0 bridgehead atoms. The Morgan fingerprint density at radius 2 is 1.38 bits per heavy atom. The van der Waals surface area contributed by atoms with Crippen molar-refractivity contribution in [1.82, 2.24) is 4.90 Å². The molecule has 1 aliphatic heterocycles. The van der Waals surface area contributed by atoms with E-state index in [1.165, 1.54) is 77.4 Å². The predicted octanol–water partition coefficient (Wildman–Crippen LogP) is 7.40. The van der Waals surface area contributed by atoms with Gasteiger partial charge in [-0.15, -0.1) is 0 Å². The van der Waals surface area contributed by atoms with Crippen LogP contribution in [0.15, 0.2) is 0 Å². The van der Waals surface area contributed by atoms with Gasteiger partial charge in [0.2, 0.25) is 0 Å². The maximum Gasteiger partial charge on any atom is 0.000966 e. The van der Waals surface area contributed by atoms with Crippen molar-refractivity contribution < 1.29 is 0 Å². The van der Waals surface area contributed by atoms with Gasteiger partial charge in [0.05, 0.1) is 0 Å². The molecular weight excluding hydrogens is 314 g/mol. The predicted molar refractivity (Wildman–Crippen MR) is 117 cm³/mol. The van der Waals surface area contributed by atoms with Gasteiger partial charge in [-0.05, 0) is 79.7 Å². The van der Waals surface area contributed by atoms with Crippen LogP contribution in [0.2, 0.25) is 0 Å². The molecule has 0 N–H and O–H groups in total. The van der Waals surface area contributed by atoms with Crippen LogP contribution < -0.4 is 0 Å². The van der Waals surface area contributed by atoms with E-state index < -0.39 is 0 Å². The molecule has 0 aromatic heterocycles. The highest BCUT2D eigenvalue weighted by Gasteiger charge is 2.38. The summed E-state index contributed by atoms with van der Waals surface area (Å²) in [5.41, 5.74) is 0.950. The molecule has 2 fully saturated rings. The topological polar surface area (TPSA) is 3.24 Å². The first-order valence-corrected chi connectivity index (χ1v) is 11.9. The molecule has 0 amide bonds. The third kappa shape index (κ3) is 5.98. The van der Waals surface area contributed by atoms with Gasteiger partial charge >= 0.3 is 0 Å². The largest absolute Gasteiger partial charge is 0.303 e. The lowest BCUT2D eigenvalue weighted by atomic mass is 9.62. The van der Waals surface area contributed by atoms with Crippen molar-refractivity contribution in [2.45, 2.75) is 106 Å². The first kappa shape index (κ1) is 22.3. The Bertz CT molecular complexity index is 394. The molecule has 26 heavy (non-hydrogen) atoms. The molecule has 1 saturated heterocycles. The van der Waals surface area contributed by atoms with Crippen LogP contribution in [0.3, 0.4) is 0 Å². The van der Waals surface area contributed by atoms with Crippen molar-refractivity contribution >= 4 is 0 Å². The maximum atomic E-state index is 2.81. The van der Waals surface area contributed by atoms with Gasteiger partial charge in [-0.3, -0.25) is 0 Å². The highest BCUT2D eigenvalue weighted by Crippen LogP contribution is 2.47. The Morgan fingerprint density at radius 3 is 1.88 bits per heavy atom. The summed E-state index contributed by atoms with van der Waals surface area (Å²) in [4.78, 5) is 2.81. The van der Waals surface area contributed by atoms with E-state index in [0.717, 1.165) is 23.7 Å². The van der Waals surface area contributed by atoms with Gasteiger partial charge in [0.1, 0.15) is 0 Å². The normalized spacial score (nSPS) is 28.3. The van der Waals surface area contributed by atoms with Crippen LogP contribution in [-0.2, 0) is 0 Å². The Labute approximate surface area is 165 Å². The fraction of sp³-hybridized carbons (Fsp3) is 1.00. The van der Waals surface area contributed by atoms with Gasteiger partial charge in [-0.2, -0.15) is 0 Å². The Balaban J connectivity index is 1.78. The lowest BCUT2D eigenvalue weighted by Crippen LogP contribution is -2.43. The SMILES string of the molecule is CCC1CCC(CN2CCC(C(C)(C)CC(C)(C)C(C)CC)CC2)CC1. The second-order valence-corrected chi connectivity index (χ2v) is 11.3. The van der Waals surface area contributed by atoms with Crippen LogP contribution >= 0.6 is 0 Å². The molecule has 1 saturated carbocycles. The number of hydrogen-bond acceptors (Lipinski definition) is 1. The van der Waals surface area contributed by atoms with Crippen LogP contribution in [0.25, 0.3) is 0 Å². The van der Waals surface area contributed by atoms with E-state index in [2.05, 4.69) is 53.4 Å². The quantitative estimate of drug-likeness (QED) is 0.434. The van der Waals surface area contributed by atoms with Gasteiger partial charge in [0.15, 0.2) is 0 Å². The van der Waals surface area contributed by atoms with E-state index in [9.17, 15) is 0 Å². The molecule has 1 heterocycles. The summed E-state index contributed by atoms with van der Waals surface area (Å²) >= 11 is 0. The molecule has 1 aliphatic carbocycles. The zero-order chi connectivity index (χ0) is 19.4. The van der Waals surface area contributed by atoms with Gasteiger partial charge in [-0.1, -0.05) is 74.1 Å². The molecule has 2 aliphatic rings. The Kier molecular flexibility index (Phi) is 8.08. The molecule has 0 radical (unpaired) electrons. The van der Waals surface area contributed by atoms with Gasteiger partial charge in [-0.25, -0.2) is 0 Å². The third-order valence-corrected chi connectivity index (χ3v) is 8.61. The highest BCUT2D eigenvalue weighted by atomic mass is 15.1. The van der Waals surface area contributed by atoms with Gasteiger partial charge in [0.25, 0.3) is 0 Å². The van der Waals surface area contributed by atoms with Gasteiger partial charge < -0.3 is 4.90 Å². The minimum absolute atomic E-state index is 0.466. The smallest absolute Gasteiger partial charge is 0.000966 e. The fourth-order valence-electron chi connectivity index (χ4n) is 6.13. The number of likely N-dealkylation sites (tertiary alicyclic amines) is 1. The molecule has 1 atom stereocenters. The van der Waals surface area contributed by atoms with Crippen LogP contribution in [0.4, 0.5) is 0 Å². The third-order valence-electron chi connectivity index (χ3n) is 8.61. The average Bonchev–Trinajstić information content (AvgIpc) is 2.61. The summed E-state index contributed by atoms with van der Waals surface area (Å²) in [6, 6.07) is 0. The number of hydrogen-bond donors (Lipinski definition) is 0. The minimum atomic E-state index is 0.466. The number of nitrogens with zero attached hydrogens (tertiary/aromatic N) is 1. The standard InChI is InChI=1S/C25H49N/c1-8-20(3)24(4,5)19-25(6,7)23-14-16-26(17-15-23)18-22-12-10-21(9-2)11-13-22/h20-23H,8-19H2,1-7H3. The minimum Gasteiger partial charge on any atom is -0.303 e. The van der Waals surface area contributed by atoms with Crippen molar-refractivity contribution in [3.05, 3.63) is 0 Å². The second kappa shape index (κ2) is 9.44. The van der Waals surface area contributed by atoms with E-state index in [4.69, 9.17) is 0 Å². The van der Waals surface area contributed by atoms with E-state index in [0.29, 0.717) is 10.8 Å². The van der Waals surface area contributed by atoms with Crippen molar-refractivity contribution in [2.24, 2.45) is 34.5 Å². The molecule has 154 valence electrons. The average molecular weight is 364 g/mol. The summed E-state index contributed by atoms with van der Waals surface area (Å²) in [5, 5.41) is 0. The van der Waals surface area contributed by atoms with Crippen LogP contribution in [0.1, 0.15) is 106 Å². The lowest BCUT2D eigenvalue weighted by Gasteiger charge is -2.46. The van der Waals surface area contributed by atoms with E-state index >= 15 is 0 Å². The number of rotatable bonds is 8.